The van der Waals surface area contributed by atoms with Crippen LogP contribution < -0.4 is 5.73 Å². The Balaban J connectivity index is 1.46. The number of fused-ring (bicyclic) bond motifs is 1. The highest BCUT2D eigenvalue weighted by atomic mass is 15.3. The summed E-state index contributed by atoms with van der Waals surface area (Å²) in [4.78, 5) is 7.27. The van der Waals surface area contributed by atoms with E-state index < -0.39 is 0 Å². The summed E-state index contributed by atoms with van der Waals surface area (Å²) in [7, 11) is 2.00. The van der Waals surface area contributed by atoms with Crippen LogP contribution in [0.25, 0.3) is 5.65 Å². The van der Waals surface area contributed by atoms with Gasteiger partial charge >= 0.3 is 0 Å². The molecular formula is C17H23N7. The number of nitrogens with two attached hydrogens (primary N) is 1. The predicted molar refractivity (Wildman–Crippen MR) is 92.6 cm³/mol. The largest absolute Gasteiger partial charge is 0.384 e. The number of rotatable bonds is 3. The molecule has 4 rings (SSSR count). The van der Waals surface area contributed by atoms with E-state index in [1.165, 1.54) is 5.69 Å². The van der Waals surface area contributed by atoms with E-state index in [1.54, 1.807) is 4.52 Å². The number of hydrogen-bond donors (Lipinski definition) is 1. The minimum Gasteiger partial charge on any atom is -0.384 e. The normalized spacial score (nSPS) is 16.9. The summed E-state index contributed by atoms with van der Waals surface area (Å²) in [6.45, 7) is 5.06. The molecule has 3 aromatic heterocycles. The summed E-state index contributed by atoms with van der Waals surface area (Å²) in [6, 6.07) is 6.06. The van der Waals surface area contributed by atoms with Gasteiger partial charge in [-0.15, -0.1) is 0 Å². The third-order valence-corrected chi connectivity index (χ3v) is 4.91. The number of likely N-dealkylation sites (tertiary alicyclic amines) is 1. The van der Waals surface area contributed by atoms with Gasteiger partial charge in [-0.2, -0.15) is 14.7 Å². The number of nitrogen functional groups attached to an aromatic ring is 1. The molecule has 0 radical (unpaired) electrons. The molecule has 7 heteroatoms. The van der Waals surface area contributed by atoms with Crippen molar-refractivity contribution in [2.45, 2.75) is 32.2 Å². The second-order valence-corrected chi connectivity index (χ2v) is 6.66. The lowest BCUT2D eigenvalue weighted by atomic mass is 9.93. The first kappa shape index (κ1) is 15.1. The Morgan fingerprint density at radius 1 is 1.25 bits per heavy atom. The van der Waals surface area contributed by atoms with E-state index in [-0.39, 0.29) is 0 Å². The van der Waals surface area contributed by atoms with Gasteiger partial charge in [0.2, 0.25) is 0 Å². The predicted octanol–water partition coefficient (Wildman–Crippen LogP) is 1.73. The van der Waals surface area contributed by atoms with E-state index in [2.05, 4.69) is 21.2 Å². The molecule has 0 unspecified atom stereocenters. The Labute approximate surface area is 141 Å². The summed E-state index contributed by atoms with van der Waals surface area (Å²) in [5.41, 5.74) is 10.3. The summed E-state index contributed by atoms with van der Waals surface area (Å²) in [5, 5.41) is 8.62. The highest BCUT2D eigenvalue weighted by Crippen LogP contribution is 2.29. The number of aromatic nitrogens is 5. The third kappa shape index (κ3) is 2.75. The summed E-state index contributed by atoms with van der Waals surface area (Å²) in [5.74, 6) is 1.13. The molecule has 4 heterocycles. The van der Waals surface area contributed by atoms with Crippen LogP contribution in [0, 0.1) is 6.92 Å². The second kappa shape index (κ2) is 5.90. The maximum absolute atomic E-state index is 6.15. The van der Waals surface area contributed by atoms with Crippen molar-refractivity contribution < 1.29 is 0 Å². The molecule has 24 heavy (non-hydrogen) atoms. The number of nitrogens with zero attached hydrogens (tertiary/aromatic N) is 6. The van der Waals surface area contributed by atoms with E-state index in [4.69, 9.17) is 10.7 Å². The monoisotopic (exact) mass is 325 g/mol. The summed E-state index contributed by atoms with van der Waals surface area (Å²) >= 11 is 0. The van der Waals surface area contributed by atoms with Crippen molar-refractivity contribution in [2.24, 2.45) is 7.05 Å². The molecule has 1 aliphatic heterocycles. The van der Waals surface area contributed by atoms with Gasteiger partial charge in [-0.05, 0) is 38.9 Å². The molecule has 0 atom stereocenters. The molecule has 2 N–H and O–H groups in total. The average Bonchev–Trinajstić information content (AvgIpc) is 3.14. The van der Waals surface area contributed by atoms with Crippen LogP contribution in [0.2, 0.25) is 0 Å². The Bertz CT molecular complexity index is 855. The highest BCUT2D eigenvalue weighted by Gasteiger charge is 2.23. The van der Waals surface area contributed by atoms with Crippen LogP contribution in [0.3, 0.4) is 0 Å². The molecule has 1 saturated heterocycles. The molecule has 0 aliphatic carbocycles. The van der Waals surface area contributed by atoms with Gasteiger partial charge in [0.15, 0.2) is 5.65 Å². The van der Waals surface area contributed by atoms with Crippen molar-refractivity contribution in [1.82, 2.24) is 29.3 Å². The Hall–Kier alpha value is -2.41. The van der Waals surface area contributed by atoms with E-state index in [1.807, 2.05) is 37.0 Å². The van der Waals surface area contributed by atoms with Crippen molar-refractivity contribution >= 4 is 11.5 Å². The average molecular weight is 325 g/mol. The van der Waals surface area contributed by atoms with Crippen molar-refractivity contribution in [3.63, 3.8) is 0 Å². The van der Waals surface area contributed by atoms with Gasteiger partial charge in [0.05, 0.1) is 11.4 Å². The lowest BCUT2D eigenvalue weighted by Gasteiger charge is -2.31. The molecule has 0 aromatic carbocycles. The fourth-order valence-corrected chi connectivity index (χ4v) is 3.51. The maximum atomic E-state index is 6.15. The first-order valence-electron chi connectivity index (χ1n) is 8.42. The van der Waals surface area contributed by atoms with Gasteiger partial charge in [-0.1, -0.05) is 0 Å². The topological polar surface area (TPSA) is 77.3 Å². The molecule has 7 nitrogen and oxygen atoms in total. The van der Waals surface area contributed by atoms with Crippen LogP contribution in [0.15, 0.2) is 24.4 Å². The van der Waals surface area contributed by atoms with Crippen LogP contribution in [0.1, 0.15) is 35.8 Å². The zero-order valence-corrected chi connectivity index (χ0v) is 14.2. The number of piperidine rings is 1. The second-order valence-electron chi connectivity index (χ2n) is 6.66. The molecule has 126 valence electrons. The molecule has 3 aromatic rings. The number of aryl methyl sites for hydroxylation is 2. The van der Waals surface area contributed by atoms with Gasteiger partial charge in [-0.3, -0.25) is 9.58 Å². The van der Waals surface area contributed by atoms with Crippen molar-refractivity contribution in [3.8, 4) is 0 Å². The highest BCUT2D eigenvalue weighted by molar-refractivity contribution is 5.48. The minimum absolute atomic E-state index is 0.468. The van der Waals surface area contributed by atoms with Crippen molar-refractivity contribution in [1.29, 1.82) is 0 Å². The molecular weight excluding hydrogens is 302 g/mol. The van der Waals surface area contributed by atoms with Crippen LogP contribution in [0.4, 0.5) is 5.82 Å². The van der Waals surface area contributed by atoms with E-state index in [0.717, 1.165) is 49.5 Å². The standard InChI is InChI=1S/C17H23N7/c1-12-9-17-20-15(10-16(18)24(17)21-12)13-4-7-23(8-5-13)11-14-3-6-19-22(14)2/h3,6,9-10,13H,4-5,7-8,11,18H2,1-2H3. The smallest absolute Gasteiger partial charge is 0.157 e. The van der Waals surface area contributed by atoms with E-state index in [0.29, 0.717) is 11.7 Å². The van der Waals surface area contributed by atoms with Crippen LogP contribution >= 0.6 is 0 Å². The first-order chi connectivity index (χ1) is 11.6. The minimum atomic E-state index is 0.468. The fourth-order valence-electron chi connectivity index (χ4n) is 3.51. The van der Waals surface area contributed by atoms with E-state index in [9.17, 15) is 0 Å². The zero-order valence-electron chi connectivity index (χ0n) is 14.2. The van der Waals surface area contributed by atoms with Crippen LogP contribution in [-0.2, 0) is 13.6 Å². The Morgan fingerprint density at radius 2 is 2.04 bits per heavy atom. The molecule has 0 bridgehead atoms. The quantitative estimate of drug-likeness (QED) is 0.793. The molecule has 0 spiro atoms. The summed E-state index contributed by atoms with van der Waals surface area (Å²) in [6.07, 6.45) is 4.07. The lowest BCUT2D eigenvalue weighted by Crippen LogP contribution is -2.33. The Kier molecular flexibility index (Phi) is 3.72. The number of hydrogen-bond acceptors (Lipinski definition) is 5. The maximum Gasteiger partial charge on any atom is 0.157 e. The molecule has 1 aliphatic rings. The van der Waals surface area contributed by atoms with Gasteiger partial charge < -0.3 is 5.73 Å². The van der Waals surface area contributed by atoms with Gasteiger partial charge in [0.25, 0.3) is 0 Å². The Morgan fingerprint density at radius 3 is 2.75 bits per heavy atom. The van der Waals surface area contributed by atoms with Crippen LogP contribution in [-0.4, -0.2) is 42.4 Å². The fraction of sp³-hybridized carbons (Fsp3) is 0.471. The number of anilines is 1. The summed E-state index contributed by atoms with van der Waals surface area (Å²) < 4.78 is 3.67. The van der Waals surface area contributed by atoms with Gasteiger partial charge in [-0.25, -0.2) is 4.98 Å². The van der Waals surface area contributed by atoms with Crippen LogP contribution in [0.5, 0.6) is 0 Å². The third-order valence-electron chi connectivity index (χ3n) is 4.91. The SMILES string of the molecule is Cc1cc2nc(C3CCN(Cc4ccnn4C)CC3)cc(N)n2n1. The lowest BCUT2D eigenvalue weighted by molar-refractivity contribution is 0.199. The first-order valence-corrected chi connectivity index (χ1v) is 8.42. The van der Waals surface area contributed by atoms with E-state index >= 15 is 0 Å². The van der Waals surface area contributed by atoms with Crippen molar-refractivity contribution in [3.05, 3.63) is 41.5 Å². The van der Waals surface area contributed by atoms with Gasteiger partial charge in [0.1, 0.15) is 5.82 Å². The molecule has 1 fully saturated rings. The molecule has 0 amide bonds. The van der Waals surface area contributed by atoms with Gasteiger partial charge in [0, 0.05) is 43.5 Å². The molecule has 0 saturated carbocycles. The van der Waals surface area contributed by atoms with Crippen molar-refractivity contribution in [2.75, 3.05) is 18.8 Å². The zero-order chi connectivity index (χ0) is 16.7.